The summed E-state index contributed by atoms with van der Waals surface area (Å²) in [6.45, 7) is 3.13. The minimum absolute atomic E-state index is 0. The number of hydrogen-bond donors (Lipinski definition) is 2. The lowest BCUT2D eigenvalue weighted by Crippen LogP contribution is -2.45. The van der Waals surface area contributed by atoms with Gasteiger partial charge in [-0.3, -0.25) is 9.89 Å². The number of guanidine groups is 1. The van der Waals surface area contributed by atoms with Gasteiger partial charge in [-0.1, -0.05) is 0 Å². The van der Waals surface area contributed by atoms with Crippen molar-refractivity contribution in [3.05, 3.63) is 12.2 Å². The monoisotopic (exact) mass is 461 g/mol. The van der Waals surface area contributed by atoms with E-state index in [1.54, 1.807) is 13.4 Å². The second-order valence-corrected chi connectivity index (χ2v) is 5.44. The van der Waals surface area contributed by atoms with Gasteiger partial charge in [-0.25, -0.2) is 0 Å². The number of alkyl halides is 3. The van der Waals surface area contributed by atoms with Crippen LogP contribution in [0.3, 0.4) is 0 Å². The molecule has 11 heteroatoms. The first-order valence-corrected chi connectivity index (χ1v) is 7.54. The zero-order valence-electron chi connectivity index (χ0n) is 13.7. The molecule has 1 atom stereocenters. The Morgan fingerprint density at radius 1 is 1.46 bits per heavy atom. The van der Waals surface area contributed by atoms with Crippen molar-refractivity contribution in [3.8, 4) is 0 Å². The molecule has 0 aromatic carbocycles. The topological polar surface area (TPSA) is 70.4 Å². The fourth-order valence-electron chi connectivity index (χ4n) is 2.58. The van der Waals surface area contributed by atoms with Crippen molar-refractivity contribution in [2.45, 2.75) is 38.7 Å². The van der Waals surface area contributed by atoms with Crippen LogP contribution in [-0.2, 0) is 13.1 Å². The Morgan fingerprint density at radius 2 is 2.21 bits per heavy atom. The zero-order valence-corrected chi connectivity index (χ0v) is 16.0. The standard InChI is InChI=1S/C13H22F3N7.HI/c1-3-23-9-19-21-11(23)6-18-12(17-2)20-10-4-5-22(7-10)8-13(14,15)16;/h9-10H,3-8H2,1-2H3,(H2,17,18,20);1H. The Balaban J connectivity index is 0.00000288. The predicted octanol–water partition coefficient (Wildman–Crippen LogP) is 1.22. The molecule has 1 aromatic rings. The van der Waals surface area contributed by atoms with Crippen LogP contribution >= 0.6 is 24.0 Å². The molecule has 1 fully saturated rings. The minimum Gasteiger partial charge on any atom is -0.352 e. The summed E-state index contributed by atoms with van der Waals surface area (Å²) < 4.78 is 39.1. The van der Waals surface area contributed by atoms with Gasteiger partial charge in [0.05, 0.1) is 13.1 Å². The molecular weight excluding hydrogens is 438 g/mol. The van der Waals surface area contributed by atoms with E-state index in [9.17, 15) is 13.2 Å². The van der Waals surface area contributed by atoms with Crippen LogP contribution in [0.4, 0.5) is 13.2 Å². The van der Waals surface area contributed by atoms with Crippen LogP contribution in [0.5, 0.6) is 0 Å². The van der Waals surface area contributed by atoms with Crippen molar-refractivity contribution in [2.24, 2.45) is 4.99 Å². The van der Waals surface area contributed by atoms with Gasteiger partial charge in [-0.05, 0) is 13.3 Å². The Kier molecular flexibility index (Phi) is 8.19. The molecule has 0 amide bonds. The summed E-state index contributed by atoms with van der Waals surface area (Å²) >= 11 is 0. The average molecular weight is 461 g/mol. The third-order valence-electron chi connectivity index (χ3n) is 3.69. The van der Waals surface area contributed by atoms with Gasteiger partial charge in [0.2, 0.25) is 0 Å². The Bertz CT molecular complexity index is 532. The molecule has 0 spiro atoms. The number of aryl methyl sites for hydroxylation is 1. The van der Waals surface area contributed by atoms with E-state index in [4.69, 9.17) is 0 Å². The Morgan fingerprint density at radius 3 is 2.83 bits per heavy atom. The van der Waals surface area contributed by atoms with E-state index in [-0.39, 0.29) is 30.0 Å². The van der Waals surface area contributed by atoms with Crippen molar-refractivity contribution in [2.75, 3.05) is 26.7 Å². The highest BCUT2D eigenvalue weighted by Gasteiger charge is 2.34. The number of rotatable bonds is 5. The Hall–Kier alpha value is -1.11. The van der Waals surface area contributed by atoms with Crippen LogP contribution in [0.2, 0.25) is 0 Å². The summed E-state index contributed by atoms with van der Waals surface area (Å²) in [5.41, 5.74) is 0. The van der Waals surface area contributed by atoms with E-state index in [1.807, 2.05) is 11.5 Å². The van der Waals surface area contributed by atoms with E-state index < -0.39 is 12.7 Å². The number of aromatic nitrogens is 3. The highest BCUT2D eigenvalue weighted by molar-refractivity contribution is 14.0. The van der Waals surface area contributed by atoms with E-state index in [0.29, 0.717) is 32.0 Å². The molecule has 138 valence electrons. The van der Waals surface area contributed by atoms with E-state index >= 15 is 0 Å². The second kappa shape index (κ2) is 9.39. The molecule has 0 radical (unpaired) electrons. The van der Waals surface area contributed by atoms with Gasteiger partial charge in [-0.15, -0.1) is 34.2 Å². The maximum Gasteiger partial charge on any atom is 0.401 e. The van der Waals surface area contributed by atoms with Crippen molar-refractivity contribution < 1.29 is 13.2 Å². The molecule has 0 bridgehead atoms. The number of likely N-dealkylation sites (tertiary alicyclic amines) is 1. The van der Waals surface area contributed by atoms with Gasteiger partial charge in [0, 0.05) is 32.7 Å². The van der Waals surface area contributed by atoms with Crippen molar-refractivity contribution in [3.63, 3.8) is 0 Å². The summed E-state index contributed by atoms with van der Waals surface area (Å²) in [6, 6.07) is -0.0485. The first-order chi connectivity index (χ1) is 10.9. The van der Waals surface area contributed by atoms with E-state index in [0.717, 1.165) is 12.4 Å². The van der Waals surface area contributed by atoms with Crippen LogP contribution in [0.25, 0.3) is 0 Å². The molecule has 2 N–H and O–H groups in total. The van der Waals surface area contributed by atoms with Crippen LogP contribution in [0.15, 0.2) is 11.3 Å². The SMILES string of the molecule is CCn1cnnc1CNC(=NC)NC1CCN(CC(F)(F)F)C1.I. The van der Waals surface area contributed by atoms with Crippen molar-refractivity contribution in [1.29, 1.82) is 0 Å². The van der Waals surface area contributed by atoms with Gasteiger partial charge >= 0.3 is 6.18 Å². The van der Waals surface area contributed by atoms with Gasteiger partial charge in [0.25, 0.3) is 0 Å². The number of nitrogens with zero attached hydrogens (tertiary/aromatic N) is 5. The number of nitrogens with one attached hydrogen (secondary N) is 2. The molecular formula is C13H23F3IN7. The maximum atomic E-state index is 12.4. The third-order valence-corrected chi connectivity index (χ3v) is 3.69. The number of halogens is 4. The molecule has 24 heavy (non-hydrogen) atoms. The largest absolute Gasteiger partial charge is 0.401 e. The normalized spacial score (nSPS) is 19.2. The van der Waals surface area contributed by atoms with Crippen LogP contribution in [0, 0.1) is 0 Å². The summed E-state index contributed by atoms with van der Waals surface area (Å²) in [7, 11) is 1.63. The fraction of sp³-hybridized carbons (Fsp3) is 0.769. The highest BCUT2D eigenvalue weighted by atomic mass is 127. The summed E-state index contributed by atoms with van der Waals surface area (Å²) in [4.78, 5) is 5.50. The number of aliphatic imine (C=N–C) groups is 1. The van der Waals surface area contributed by atoms with Crippen LogP contribution in [0.1, 0.15) is 19.2 Å². The van der Waals surface area contributed by atoms with Crippen LogP contribution < -0.4 is 10.6 Å². The Labute approximate surface area is 156 Å². The summed E-state index contributed by atoms with van der Waals surface area (Å²) in [6.07, 6.45) is -1.85. The van der Waals surface area contributed by atoms with Gasteiger partial charge in [-0.2, -0.15) is 13.2 Å². The lowest BCUT2D eigenvalue weighted by molar-refractivity contribution is -0.143. The molecule has 0 aliphatic carbocycles. The summed E-state index contributed by atoms with van der Waals surface area (Å²) in [5.74, 6) is 1.33. The molecule has 0 saturated carbocycles. The number of hydrogen-bond acceptors (Lipinski definition) is 4. The maximum absolute atomic E-state index is 12.4. The van der Waals surface area contributed by atoms with E-state index in [2.05, 4.69) is 25.8 Å². The molecule has 1 saturated heterocycles. The minimum atomic E-state index is -4.15. The molecule has 1 aliphatic rings. The molecule has 2 rings (SSSR count). The summed E-state index contributed by atoms with van der Waals surface area (Å²) in [5, 5.41) is 14.1. The van der Waals surface area contributed by atoms with Gasteiger partial charge in [0.1, 0.15) is 6.33 Å². The van der Waals surface area contributed by atoms with Gasteiger partial charge in [0.15, 0.2) is 11.8 Å². The molecule has 7 nitrogen and oxygen atoms in total. The van der Waals surface area contributed by atoms with Crippen molar-refractivity contribution in [1.82, 2.24) is 30.3 Å². The van der Waals surface area contributed by atoms with E-state index in [1.165, 1.54) is 4.90 Å². The van der Waals surface area contributed by atoms with Crippen LogP contribution in [-0.4, -0.2) is 64.5 Å². The lowest BCUT2D eigenvalue weighted by atomic mass is 10.3. The van der Waals surface area contributed by atoms with Gasteiger partial charge < -0.3 is 15.2 Å². The molecule has 1 aliphatic heterocycles. The smallest absolute Gasteiger partial charge is 0.352 e. The molecule has 2 heterocycles. The predicted molar refractivity (Wildman–Crippen MR) is 95.3 cm³/mol. The first-order valence-electron chi connectivity index (χ1n) is 7.54. The quantitative estimate of drug-likeness (QED) is 0.392. The highest BCUT2D eigenvalue weighted by Crippen LogP contribution is 2.19. The molecule has 1 aromatic heterocycles. The molecule has 1 unspecified atom stereocenters. The first kappa shape index (κ1) is 20.9. The zero-order chi connectivity index (χ0) is 16.9. The fourth-order valence-corrected chi connectivity index (χ4v) is 2.58. The average Bonchev–Trinajstić information content (AvgIpc) is 3.10. The lowest BCUT2D eigenvalue weighted by Gasteiger charge is -2.19. The third kappa shape index (κ3) is 6.42. The van der Waals surface area contributed by atoms with Crippen molar-refractivity contribution >= 4 is 29.9 Å². The second-order valence-electron chi connectivity index (χ2n) is 5.44.